The molecule has 0 aliphatic heterocycles. The summed E-state index contributed by atoms with van der Waals surface area (Å²) < 4.78 is 5.59. The summed E-state index contributed by atoms with van der Waals surface area (Å²) in [7, 11) is 0. The SMILES string of the molecule is O=C(CSc1nnc(-c2cccnc2)o1)Nc1ccccc1Cc1ccccc1. The van der Waals surface area contributed by atoms with Crippen molar-refractivity contribution in [3.8, 4) is 11.5 Å². The van der Waals surface area contributed by atoms with Gasteiger partial charge in [0.1, 0.15) is 0 Å². The molecule has 0 spiro atoms. The van der Waals surface area contributed by atoms with Crippen LogP contribution in [0.1, 0.15) is 11.1 Å². The Hall–Kier alpha value is -3.45. The van der Waals surface area contributed by atoms with E-state index in [2.05, 4.69) is 32.6 Å². The maximum atomic E-state index is 12.4. The molecule has 0 aliphatic rings. The molecule has 0 fully saturated rings. The van der Waals surface area contributed by atoms with Crippen LogP contribution >= 0.6 is 11.8 Å². The molecule has 0 radical (unpaired) electrons. The zero-order valence-corrected chi connectivity index (χ0v) is 16.3. The van der Waals surface area contributed by atoms with Crippen LogP contribution in [0.4, 0.5) is 5.69 Å². The van der Waals surface area contributed by atoms with E-state index in [1.807, 2.05) is 48.5 Å². The Bertz CT molecular complexity index is 1080. The Balaban J connectivity index is 1.36. The molecule has 0 saturated carbocycles. The van der Waals surface area contributed by atoms with Gasteiger partial charge in [0.15, 0.2) is 0 Å². The first-order valence-electron chi connectivity index (χ1n) is 9.06. The number of hydrogen-bond acceptors (Lipinski definition) is 6. The molecular formula is C22H18N4O2S. The summed E-state index contributed by atoms with van der Waals surface area (Å²) in [6.07, 6.45) is 4.08. The Kier molecular flexibility index (Phi) is 5.97. The van der Waals surface area contributed by atoms with Crippen molar-refractivity contribution in [2.45, 2.75) is 11.6 Å². The second-order valence-corrected chi connectivity index (χ2v) is 7.20. The van der Waals surface area contributed by atoms with E-state index in [4.69, 9.17) is 4.42 Å². The number of nitrogens with one attached hydrogen (secondary N) is 1. The van der Waals surface area contributed by atoms with E-state index in [1.165, 1.54) is 17.3 Å². The smallest absolute Gasteiger partial charge is 0.277 e. The predicted molar refractivity (Wildman–Crippen MR) is 113 cm³/mol. The van der Waals surface area contributed by atoms with Crippen molar-refractivity contribution in [3.63, 3.8) is 0 Å². The summed E-state index contributed by atoms with van der Waals surface area (Å²) in [5.74, 6) is 0.430. The fourth-order valence-electron chi connectivity index (χ4n) is 2.80. The van der Waals surface area contributed by atoms with E-state index in [0.29, 0.717) is 11.1 Å². The number of benzene rings is 2. The molecule has 6 nitrogen and oxygen atoms in total. The molecule has 0 atom stereocenters. The lowest BCUT2D eigenvalue weighted by molar-refractivity contribution is -0.113. The van der Waals surface area contributed by atoms with E-state index >= 15 is 0 Å². The number of para-hydroxylation sites is 1. The monoisotopic (exact) mass is 402 g/mol. The summed E-state index contributed by atoms with van der Waals surface area (Å²) in [6, 6.07) is 21.6. The zero-order valence-electron chi connectivity index (χ0n) is 15.5. The van der Waals surface area contributed by atoms with Gasteiger partial charge in [0.25, 0.3) is 5.22 Å². The maximum absolute atomic E-state index is 12.4. The first kappa shape index (κ1) is 18.9. The fraction of sp³-hybridized carbons (Fsp3) is 0.0909. The quantitative estimate of drug-likeness (QED) is 0.460. The Morgan fingerprint density at radius 1 is 0.966 bits per heavy atom. The molecule has 4 rings (SSSR count). The van der Waals surface area contributed by atoms with Crippen LogP contribution in [0.2, 0.25) is 0 Å². The van der Waals surface area contributed by atoms with Crippen molar-refractivity contribution in [3.05, 3.63) is 90.3 Å². The van der Waals surface area contributed by atoms with Gasteiger partial charge in [-0.3, -0.25) is 9.78 Å². The summed E-state index contributed by atoms with van der Waals surface area (Å²) in [6.45, 7) is 0. The lowest BCUT2D eigenvalue weighted by atomic mass is 10.0. The highest BCUT2D eigenvalue weighted by atomic mass is 32.2. The van der Waals surface area contributed by atoms with Crippen LogP contribution in [0.15, 0.2) is 88.8 Å². The zero-order chi connectivity index (χ0) is 19.9. The molecule has 0 aliphatic carbocycles. The minimum Gasteiger partial charge on any atom is -0.411 e. The number of rotatable bonds is 7. The van der Waals surface area contributed by atoms with Gasteiger partial charge in [0, 0.05) is 18.1 Å². The van der Waals surface area contributed by atoms with Crippen LogP contribution in [-0.4, -0.2) is 26.8 Å². The number of nitrogens with zero attached hydrogens (tertiary/aromatic N) is 3. The highest BCUT2D eigenvalue weighted by Crippen LogP contribution is 2.23. The topological polar surface area (TPSA) is 80.9 Å². The molecule has 2 aromatic heterocycles. The Morgan fingerprint density at radius 3 is 2.62 bits per heavy atom. The van der Waals surface area contributed by atoms with Crippen molar-refractivity contribution >= 4 is 23.4 Å². The average molecular weight is 402 g/mol. The van der Waals surface area contributed by atoms with Crippen LogP contribution in [0.3, 0.4) is 0 Å². The van der Waals surface area contributed by atoms with E-state index in [-0.39, 0.29) is 11.7 Å². The average Bonchev–Trinajstić information content (AvgIpc) is 3.24. The second kappa shape index (κ2) is 9.16. The number of thioether (sulfide) groups is 1. The summed E-state index contributed by atoms with van der Waals surface area (Å²) in [5.41, 5.74) is 3.81. The lowest BCUT2D eigenvalue weighted by Crippen LogP contribution is -2.15. The highest BCUT2D eigenvalue weighted by Gasteiger charge is 2.12. The largest absolute Gasteiger partial charge is 0.411 e. The molecule has 0 unspecified atom stereocenters. The first-order valence-corrected chi connectivity index (χ1v) is 10.0. The second-order valence-electron chi connectivity index (χ2n) is 6.27. The van der Waals surface area contributed by atoms with Crippen LogP contribution in [0, 0.1) is 0 Å². The molecule has 7 heteroatoms. The van der Waals surface area contributed by atoms with Gasteiger partial charge in [0.05, 0.1) is 11.3 Å². The number of aromatic nitrogens is 3. The summed E-state index contributed by atoms with van der Waals surface area (Å²) >= 11 is 1.20. The molecule has 0 saturated heterocycles. The number of anilines is 1. The third-order valence-corrected chi connectivity index (χ3v) is 4.99. The van der Waals surface area contributed by atoms with E-state index in [1.54, 1.807) is 18.5 Å². The molecule has 0 bridgehead atoms. The van der Waals surface area contributed by atoms with Crippen molar-refractivity contribution in [2.75, 3.05) is 11.1 Å². The maximum Gasteiger partial charge on any atom is 0.277 e. The molecule has 1 amide bonds. The fourth-order valence-corrected chi connectivity index (χ4v) is 3.36. The van der Waals surface area contributed by atoms with Crippen LogP contribution in [0.25, 0.3) is 11.5 Å². The molecule has 144 valence electrons. The predicted octanol–water partition coefficient (Wildman–Crippen LogP) is 4.45. The molecule has 29 heavy (non-hydrogen) atoms. The van der Waals surface area contributed by atoms with Crippen LogP contribution in [-0.2, 0) is 11.2 Å². The number of hydrogen-bond donors (Lipinski definition) is 1. The van der Waals surface area contributed by atoms with E-state index < -0.39 is 0 Å². The minimum atomic E-state index is -0.128. The lowest BCUT2D eigenvalue weighted by Gasteiger charge is -2.11. The first-order chi connectivity index (χ1) is 14.3. The molecule has 2 heterocycles. The van der Waals surface area contributed by atoms with E-state index in [9.17, 15) is 4.79 Å². The van der Waals surface area contributed by atoms with E-state index in [0.717, 1.165) is 23.2 Å². The standard InChI is InChI=1S/C22H18N4O2S/c27-20(15-29-22-26-25-21(28-22)18-10-6-12-23-14-18)24-19-11-5-4-9-17(19)13-16-7-2-1-3-8-16/h1-12,14H,13,15H2,(H,24,27). The third kappa shape index (κ3) is 5.08. The molecule has 2 aromatic carbocycles. The van der Waals surface area contributed by atoms with Gasteiger partial charge >= 0.3 is 0 Å². The van der Waals surface area contributed by atoms with Gasteiger partial charge in [-0.25, -0.2) is 0 Å². The molecular weight excluding hydrogens is 384 g/mol. The Labute approximate surface area is 172 Å². The minimum absolute atomic E-state index is 0.128. The van der Waals surface area contributed by atoms with Gasteiger partial charge in [-0.15, -0.1) is 10.2 Å². The number of carbonyl (C=O) groups excluding carboxylic acids is 1. The normalized spacial score (nSPS) is 10.6. The van der Waals surface area contributed by atoms with Crippen LogP contribution in [0.5, 0.6) is 0 Å². The van der Waals surface area contributed by atoms with Gasteiger partial charge < -0.3 is 9.73 Å². The highest BCUT2D eigenvalue weighted by molar-refractivity contribution is 7.99. The molecule has 1 N–H and O–H groups in total. The summed E-state index contributed by atoms with van der Waals surface area (Å²) in [5, 5.41) is 11.3. The van der Waals surface area contributed by atoms with Crippen molar-refractivity contribution in [2.24, 2.45) is 0 Å². The number of carbonyl (C=O) groups is 1. The molecule has 4 aromatic rings. The van der Waals surface area contributed by atoms with Crippen molar-refractivity contribution < 1.29 is 9.21 Å². The van der Waals surface area contributed by atoms with Gasteiger partial charge in [-0.1, -0.05) is 60.3 Å². The van der Waals surface area contributed by atoms with Gasteiger partial charge in [0.2, 0.25) is 11.8 Å². The summed E-state index contributed by atoms with van der Waals surface area (Å²) in [4.78, 5) is 16.5. The number of pyridine rings is 1. The van der Waals surface area contributed by atoms with Gasteiger partial charge in [-0.2, -0.15) is 0 Å². The van der Waals surface area contributed by atoms with Crippen molar-refractivity contribution in [1.29, 1.82) is 0 Å². The number of amides is 1. The van der Waals surface area contributed by atoms with Gasteiger partial charge in [-0.05, 0) is 35.7 Å². The Morgan fingerprint density at radius 2 is 1.79 bits per heavy atom. The van der Waals surface area contributed by atoms with Crippen molar-refractivity contribution in [1.82, 2.24) is 15.2 Å². The third-order valence-electron chi connectivity index (χ3n) is 4.17. The van der Waals surface area contributed by atoms with Crippen LogP contribution < -0.4 is 5.32 Å².